The largest absolute Gasteiger partial charge is 0.497 e. The van der Waals surface area contributed by atoms with Crippen molar-refractivity contribution in [3.05, 3.63) is 71.5 Å². The smallest absolute Gasteiger partial charge is 0.123 e. The summed E-state index contributed by atoms with van der Waals surface area (Å²) in [6, 6.07) is 14.3. The number of ether oxygens (including phenoxy) is 3. The van der Waals surface area contributed by atoms with Crippen molar-refractivity contribution >= 4 is 12.2 Å². The zero-order valence-electron chi connectivity index (χ0n) is 14.1. The molecule has 0 saturated heterocycles. The fourth-order valence-corrected chi connectivity index (χ4v) is 2.72. The first kappa shape index (κ1) is 16.2. The lowest BCUT2D eigenvalue weighted by Gasteiger charge is -2.19. The molecule has 0 saturated carbocycles. The summed E-state index contributed by atoms with van der Waals surface area (Å²) in [5.41, 5.74) is 3.41. The van der Waals surface area contributed by atoms with E-state index in [1.807, 2.05) is 18.2 Å². The van der Waals surface area contributed by atoms with Gasteiger partial charge >= 0.3 is 0 Å². The molecule has 1 heterocycles. The molecule has 24 heavy (non-hydrogen) atoms. The minimum absolute atomic E-state index is 0.177. The van der Waals surface area contributed by atoms with Gasteiger partial charge < -0.3 is 14.2 Å². The van der Waals surface area contributed by atoms with Gasteiger partial charge in [0.15, 0.2) is 0 Å². The highest BCUT2D eigenvalue weighted by Crippen LogP contribution is 2.27. The van der Waals surface area contributed by atoms with E-state index in [0.29, 0.717) is 0 Å². The van der Waals surface area contributed by atoms with E-state index in [4.69, 9.17) is 14.2 Å². The van der Waals surface area contributed by atoms with Crippen molar-refractivity contribution in [2.75, 3.05) is 14.2 Å². The second-order valence-corrected chi connectivity index (χ2v) is 5.72. The van der Waals surface area contributed by atoms with Crippen LogP contribution in [-0.2, 0) is 4.74 Å². The predicted octanol–water partition coefficient (Wildman–Crippen LogP) is 5.24. The molecule has 0 radical (unpaired) electrons. The highest BCUT2D eigenvalue weighted by atomic mass is 16.5. The Morgan fingerprint density at radius 3 is 2.17 bits per heavy atom. The Bertz CT molecular complexity index is 707. The minimum atomic E-state index is 0.177. The Morgan fingerprint density at radius 2 is 1.58 bits per heavy atom. The average Bonchev–Trinajstić information content (AvgIpc) is 2.67. The standard InChI is InChI=1S/C21H22O3/c1-22-19-13-17(14-20(15-19)23-2)7-6-16-8-10-18(11-9-16)21-5-3-4-12-24-21/h4,6-15,21H,3,5H2,1-2H3. The fourth-order valence-electron chi connectivity index (χ4n) is 2.72. The van der Waals surface area contributed by atoms with Crippen LogP contribution in [0.25, 0.3) is 12.2 Å². The molecule has 3 nitrogen and oxygen atoms in total. The first-order chi connectivity index (χ1) is 11.8. The van der Waals surface area contributed by atoms with Crippen LogP contribution in [0.15, 0.2) is 54.8 Å². The highest BCUT2D eigenvalue weighted by Gasteiger charge is 2.12. The van der Waals surface area contributed by atoms with Crippen LogP contribution in [0.3, 0.4) is 0 Å². The van der Waals surface area contributed by atoms with E-state index < -0.39 is 0 Å². The van der Waals surface area contributed by atoms with Crippen molar-refractivity contribution in [3.8, 4) is 11.5 Å². The Morgan fingerprint density at radius 1 is 0.917 bits per heavy atom. The quantitative estimate of drug-likeness (QED) is 0.705. The molecule has 0 amide bonds. The molecule has 124 valence electrons. The maximum absolute atomic E-state index is 5.66. The van der Waals surface area contributed by atoms with Crippen LogP contribution < -0.4 is 9.47 Å². The summed E-state index contributed by atoms with van der Waals surface area (Å²) < 4.78 is 16.3. The first-order valence-electron chi connectivity index (χ1n) is 8.10. The second-order valence-electron chi connectivity index (χ2n) is 5.72. The number of hydrogen-bond donors (Lipinski definition) is 0. The summed E-state index contributed by atoms with van der Waals surface area (Å²) in [6.07, 6.45) is 10.3. The predicted molar refractivity (Wildman–Crippen MR) is 97.1 cm³/mol. The van der Waals surface area contributed by atoms with Crippen molar-refractivity contribution in [2.24, 2.45) is 0 Å². The Labute approximate surface area is 143 Å². The van der Waals surface area contributed by atoms with E-state index in [9.17, 15) is 0 Å². The molecule has 0 bridgehead atoms. The van der Waals surface area contributed by atoms with Crippen LogP contribution in [0.4, 0.5) is 0 Å². The van der Waals surface area contributed by atoms with E-state index in [2.05, 4.69) is 42.5 Å². The summed E-state index contributed by atoms with van der Waals surface area (Å²) in [6.45, 7) is 0. The van der Waals surface area contributed by atoms with Gasteiger partial charge in [0.1, 0.15) is 17.6 Å². The monoisotopic (exact) mass is 322 g/mol. The van der Waals surface area contributed by atoms with Crippen molar-refractivity contribution < 1.29 is 14.2 Å². The molecule has 0 spiro atoms. The summed E-state index contributed by atoms with van der Waals surface area (Å²) in [5.74, 6) is 1.57. The molecule has 3 rings (SSSR count). The number of allylic oxidation sites excluding steroid dienone is 1. The summed E-state index contributed by atoms with van der Waals surface area (Å²) >= 11 is 0. The van der Waals surface area contributed by atoms with E-state index in [0.717, 1.165) is 35.5 Å². The zero-order chi connectivity index (χ0) is 16.8. The van der Waals surface area contributed by atoms with Crippen molar-refractivity contribution in [1.82, 2.24) is 0 Å². The normalized spacial score (nSPS) is 16.8. The lowest BCUT2D eigenvalue weighted by molar-refractivity contribution is 0.125. The van der Waals surface area contributed by atoms with E-state index in [1.165, 1.54) is 5.56 Å². The summed E-state index contributed by atoms with van der Waals surface area (Å²) in [7, 11) is 3.31. The Kier molecular flexibility index (Phi) is 5.22. The topological polar surface area (TPSA) is 27.7 Å². The Hall–Kier alpha value is -2.68. The minimum Gasteiger partial charge on any atom is -0.497 e. The molecule has 3 heteroatoms. The van der Waals surface area contributed by atoms with Gasteiger partial charge in [0.25, 0.3) is 0 Å². The van der Waals surface area contributed by atoms with Gasteiger partial charge in [-0.3, -0.25) is 0 Å². The zero-order valence-corrected chi connectivity index (χ0v) is 14.1. The van der Waals surface area contributed by atoms with Crippen LogP contribution >= 0.6 is 0 Å². The van der Waals surface area contributed by atoms with Crippen LogP contribution in [0.1, 0.15) is 35.6 Å². The SMILES string of the molecule is COc1cc(C=Cc2ccc(C3CCC=CO3)cc2)cc(OC)c1. The third kappa shape index (κ3) is 3.99. The lowest BCUT2D eigenvalue weighted by atomic mass is 10.0. The first-order valence-corrected chi connectivity index (χ1v) is 8.10. The third-order valence-electron chi connectivity index (χ3n) is 4.08. The molecule has 0 N–H and O–H groups in total. The molecule has 0 aromatic heterocycles. The average molecular weight is 322 g/mol. The summed E-state index contributed by atoms with van der Waals surface area (Å²) in [4.78, 5) is 0. The van der Waals surface area contributed by atoms with Crippen LogP contribution in [0.2, 0.25) is 0 Å². The van der Waals surface area contributed by atoms with Crippen LogP contribution in [0, 0.1) is 0 Å². The third-order valence-corrected chi connectivity index (χ3v) is 4.08. The molecule has 1 aliphatic rings. The number of benzene rings is 2. The van der Waals surface area contributed by atoms with Gasteiger partial charge in [-0.1, -0.05) is 36.4 Å². The van der Waals surface area contributed by atoms with Crippen molar-refractivity contribution in [2.45, 2.75) is 18.9 Å². The molecule has 1 aliphatic heterocycles. The van der Waals surface area contributed by atoms with Gasteiger partial charge in [-0.2, -0.15) is 0 Å². The fraction of sp³-hybridized carbons (Fsp3) is 0.238. The Balaban J connectivity index is 1.73. The van der Waals surface area contributed by atoms with Crippen LogP contribution in [-0.4, -0.2) is 14.2 Å². The van der Waals surface area contributed by atoms with E-state index in [-0.39, 0.29) is 6.10 Å². The maximum atomic E-state index is 5.66. The molecule has 1 atom stereocenters. The van der Waals surface area contributed by atoms with Crippen molar-refractivity contribution in [1.29, 1.82) is 0 Å². The molecule has 1 unspecified atom stereocenters. The van der Waals surface area contributed by atoms with E-state index in [1.54, 1.807) is 20.5 Å². The molecular formula is C21H22O3. The van der Waals surface area contributed by atoms with Gasteiger partial charge in [-0.25, -0.2) is 0 Å². The highest BCUT2D eigenvalue weighted by molar-refractivity contribution is 5.71. The van der Waals surface area contributed by atoms with Gasteiger partial charge in [0.05, 0.1) is 20.5 Å². The number of methoxy groups -OCH3 is 2. The summed E-state index contributed by atoms with van der Waals surface area (Å²) in [5, 5.41) is 0. The molecule has 2 aromatic carbocycles. The van der Waals surface area contributed by atoms with Crippen molar-refractivity contribution in [3.63, 3.8) is 0 Å². The maximum Gasteiger partial charge on any atom is 0.123 e. The van der Waals surface area contributed by atoms with Gasteiger partial charge in [-0.15, -0.1) is 0 Å². The lowest BCUT2D eigenvalue weighted by Crippen LogP contribution is -2.03. The second kappa shape index (κ2) is 7.73. The molecule has 2 aromatic rings. The molecule has 0 fully saturated rings. The number of hydrogen-bond acceptors (Lipinski definition) is 3. The van der Waals surface area contributed by atoms with Gasteiger partial charge in [0.2, 0.25) is 0 Å². The molecule has 0 aliphatic carbocycles. The molecular weight excluding hydrogens is 300 g/mol. The van der Waals surface area contributed by atoms with Gasteiger partial charge in [0, 0.05) is 6.07 Å². The van der Waals surface area contributed by atoms with Crippen LogP contribution in [0.5, 0.6) is 11.5 Å². The van der Waals surface area contributed by atoms with E-state index >= 15 is 0 Å². The van der Waals surface area contributed by atoms with Gasteiger partial charge in [-0.05, 0) is 47.7 Å². The number of rotatable bonds is 5.